The van der Waals surface area contributed by atoms with Crippen LogP contribution in [0.15, 0.2) is 0 Å². The average molecular weight is 414 g/mol. The predicted molar refractivity (Wildman–Crippen MR) is 110 cm³/mol. The molecule has 1 saturated carbocycles. The topological polar surface area (TPSA) is 68.9 Å². The zero-order valence-corrected chi connectivity index (χ0v) is 17.6. The van der Waals surface area contributed by atoms with Gasteiger partial charge in [-0.15, -0.1) is 11.6 Å². The number of nitrogens with one attached hydrogen (secondary N) is 3. The molecule has 3 N–H and O–H groups in total. The Morgan fingerprint density at radius 2 is 1.82 bits per heavy atom. The Kier molecular flexibility index (Phi) is 7.47. The molecule has 0 bridgehead atoms. The van der Waals surface area contributed by atoms with E-state index in [1.165, 1.54) is 44.9 Å². The molecule has 28 heavy (non-hydrogen) atoms. The van der Waals surface area contributed by atoms with Crippen molar-refractivity contribution < 1.29 is 9.53 Å². The number of hydrogen-bond acceptors (Lipinski definition) is 6. The Morgan fingerprint density at radius 3 is 2.61 bits per heavy atom. The molecule has 4 unspecified atom stereocenters. The van der Waals surface area contributed by atoms with Crippen molar-refractivity contribution in [3.8, 4) is 0 Å². The van der Waals surface area contributed by atoms with Crippen molar-refractivity contribution in [2.24, 2.45) is 5.92 Å². The fourth-order valence-electron chi connectivity index (χ4n) is 5.19. The van der Waals surface area contributed by atoms with Crippen LogP contribution in [0.1, 0.15) is 44.9 Å². The molecule has 4 aliphatic rings. The lowest BCUT2D eigenvalue weighted by molar-refractivity contribution is -0.125. The van der Waals surface area contributed by atoms with Crippen LogP contribution in [0.2, 0.25) is 0 Å². The van der Waals surface area contributed by atoms with Gasteiger partial charge >= 0.3 is 0 Å². The van der Waals surface area contributed by atoms with Gasteiger partial charge in [0.25, 0.3) is 5.91 Å². The van der Waals surface area contributed by atoms with Crippen molar-refractivity contribution >= 4 is 17.5 Å². The first kappa shape index (κ1) is 20.8. The third-order valence-corrected chi connectivity index (χ3v) is 7.39. The standard InChI is InChI=1S/C20H36ClN5O2/c21-18-17(13-23-24-19(18)27)26-11-9-25(10-12-26)14-15-5-4-8-22-20(15)28-16-6-2-1-3-7-16/h15-18,20,22-23H,1-14H2,(H,24,27). The van der Waals surface area contributed by atoms with Gasteiger partial charge in [0.2, 0.25) is 0 Å². The highest BCUT2D eigenvalue weighted by Gasteiger charge is 2.37. The number of carbonyl (C=O) groups excluding carboxylic acids is 1. The Morgan fingerprint density at radius 1 is 1.04 bits per heavy atom. The maximum absolute atomic E-state index is 11.8. The summed E-state index contributed by atoms with van der Waals surface area (Å²) in [6.45, 7) is 6.91. The van der Waals surface area contributed by atoms with E-state index in [1.807, 2.05) is 0 Å². The minimum Gasteiger partial charge on any atom is -0.360 e. The summed E-state index contributed by atoms with van der Waals surface area (Å²) in [7, 11) is 0. The van der Waals surface area contributed by atoms with Gasteiger partial charge in [-0.2, -0.15) is 0 Å². The van der Waals surface area contributed by atoms with E-state index in [-0.39, 0.29) is 18.2 Å². The summed E-state index contributed by atoms with van der Waals surface area (Å²) in [5.41, 5.74) is 5.59. The minimum absolute atomic E-state index is 0.0799. The van der Waals surface area contributed by atoms with Gasteiger partial charge in [0.05, 0.1) is 6.10 Å². The van der Waals surface area contributed by atoms with Crippen LogP contribution in [0.5, 0.6) is 0 Å². The first-order valence-electron chi connectivity index (χ1n) is 11.2. The lowest BCUT2D eigenvalue weighted by Crippen LogP contribution is -2.64. The zero-order valence-electron chi connectivity index (χ0n) is 16.9. The van der Waals surface area contributed by atoms with Crippen LogP contribution in [-0.2, 0) is 9.53 Å². The number of nitrogens with zero attached hydrogens (tertiary/aromatic N) is 2. The van der Waals surface area contributed by atoms with E-state index in [4.69, 9.17) is 16.3 Å². The van der Waals surface area contributed by atoms with Crippen molar-refractivity contribution in [2.75, 3.05) is 45.8 Å². The monoisotopic (exact) mass is 413 g/mol. The first-order valence-corrected chi connectivity index (χ1v) is 11.7. The molecule has 0 radical (unpaired) electrons. The second kappa shape index (κ2) is 10.0. The van der Waals surface area contributed by atoms with Gasteiger partial charge in [0.1, 0.15) is 11.6 Å². The van der Waals surface area contributed by atoms with Crippen molar-refractivity contribution in [2.45, 2.75) is 68.7 Å². The summed E-state index contributed by atoms with van der Waals surface area (Å²) < 4.78 is 6.51. The lowest BCUT2D eigenvalue weighted by Gasteiger charge is -2.44. The Hall–Kier alpha value is -0.440. The van der Waals surface area contributed by atoms with E-state index in [0.29, 0.717) is 18.6 Å². The largest absolute Gasteiger partial charge is 0.360 e. The van der Waals surface area contributed by atoms with Gasteiger partial charge in [-0.05, 0) is 32.2 Å². The highest BCUT2D eigenvalue weighted by atomic mass is 35.5. The predicted octanol–water partition coefficient (Wildman–Crippen LogP) is 0.889. The number of hydrogen-bond donors (Lipinski definition) is 3. The molecule has 8 heteroatoms. The number of amides is 1. The van der Waals surface area contributed by atoms with Crippen LogP contribution in [0.4, 0.5) is 0 Å². The Balaban J connectivity index is 1.25. The normalized spacial score (nSPS) is 37.0. The van der Waals surface area contributed by atoms with Gasteiger partial charge < -0.3 is 9.64 Å². The van der Waals surface area contributed by atoms with E-state index in [9.17, 15) is 4.79 Å². The molecule has 4 fully saturated rings. The molecule has 3 aliphatic heterocycles. The lowest BCUT2D eigenvalue weighted by atomic mass is 9.94. The molecule has 0 aromatic heterocycles. The quantitative estimate of drug-likeness (QED) is 0.581. The van der Waals surface area contributed by atoms with Crippen LogP contribution in [0.25, 0.3) is 0 Å². The average Bonchev–Trinajstić information content (AvgIpc) is 2.73. The van der Waals surface area contributed by atoms with Crippen LogP contribution in [-0.4, -0.2) is 85.3 Å². The third kappa shape index (κ3) is 5.18. The summed E-state index contributed by atoms with van der Waals surface area (Å²) in [6.07, 6.45) is 9.63. The van der Waals surface area contributed by atoms with Gasteiger partial charge in [0.15, 0.2) is 0 Å². The van der Waals surface area contributed by atoms with Gasteiger partial charge in [-0.1, -0.05) is 19.3 Å². The number of halogens is 1. The van der Waals surface area contributed by atoms with Crippen molar-refractivity contribution in [1.29, 1.82) is 0 Å². The molecule has 3 heterocycles. The number of hydrazine groups is 1. The molecule has 0 aromatic carbocycles. The van der Waals surface area contributed by atoms with Crippen LogP contribution in [0.3, 0.4) is 0 Å². The molecule has 0 spiro atoms. The Labute approximate surface area is 173 Å². The van der Waals surface area contributed by atoms with Crippen LogP contribution < -0.4 is 16.2 Å². The molecule has 7 nitrogen and oxygen atoms in total. The van der Waals surface area contributed by atoms with Gasteiger partial charge in [0, 0.05) is 51.2 Å². The molecule has 4 atom stereocenters. The molecule has 1 aliphatic carbocycles. The van der Waals surface area contributed by atoms with E-state index in [1.54, 1.807) is 0 Å². The number of ether oxygens (including phenoxy) is 1. The first-order chi connectivity index (χ1) is 13.7. The number of piperidine rings is 1. The maximum Gasteiger partial charge on any atom is 0.253 e. The molecule has 0 aromatic rings. The molecule has 4 rings (SSSR count). The van der Waals surface area contributed by atoms with Crippen LogP contribution in [0, 0.1) is 5.92 Å². The highest BCUT2D eigenvalue weighted by Crippen LogP contribution is 2.26. The molecule has 1 amide bonds. The van der Waals surface area contributed by atoms with Crippen molar-refractivity contribution in [3.05, 3.63) is 0 Å². The van der Waals surface area contributed by atoms with Crippen LogP contribution >= 0.6 is 11.6 Å². The van der Waals surface area contributed by atoms with Gasteiger partial charge in [-0.25, -0.2) is 5.43 Å². The van der Waals surface area contributed by atoms with Gasteiger partial charge in [-0.3, -0.25) is 20.4 Å². The summed E-state index contributed by atoms with van der Waals surface area (Å²) >= 11 is 6.34. The smallest absolute Gasteiger partial charge is 0.253 e. The SMILES string of the molecule is O=C1NNCC(N2CCN(CC3CCCNC3OC3CCCCC3)CC2)C1Cl. The van der Waals surface area contributed by atoms with Crippen molar-refractivity contribution in [3.63, 3.8) is 0 Å². The summed E-state index contributed by atoms with van der Waals surface area (Å²) in [6, 6.07) is 0.0799. The fraction of sp³-hybridized carbons (Fsp3) is 0.950. The van der Waals surface area contributed by atoms with E-state index >= 15 is 0 Å². The number of piperazine rings is 1. The van der Waals surface area contributed by atoms with Crippen molar-refractivity contribution in [1.82, 2.24) is 26.0 Å². The number of alkyl halides is 1. The molecular weight excluding hydrogens is 378 g/mol. The van der Waals surface area contributed by atoms with E-state index in [0.717, 1.165) is 39.3 Å². The maximum atomic E-state index is 11.8. The third-order valence-electron chi connectivity index (χ3n) is 6.90. The Bertz CT molecular complexity index is 511. The number of carbonyl (C=O) groups is 1. The second-order valence-electron chi connectivity index (χ2n) is 8.85. The minimum atomic E-state index is -0.469. The molecule has 3 saturated heterocycles. The summed E-state index contributed by atoms with van der Waals surface area (Å²) in [5, 5.41) is 3.18. The van der Waals surface area contributed by atoms with E-state index in [2.05, 4.69) is 26.0 Å². The molecule has 160 valence electrons. The summed E-state index contributed by atoms with van der Waals surface area (Å²) in [4.78, 5) is 16.8. The van der Waals surface area contributed by atoms with E-state index < -0.39 is 5.38 Å². The zero-order chi connectivity index (χ0) is 19.3. The fourth-order valence-corrected chi connectivity index (χ4v) is 5.50. The second-order valence-corrected chi connectivity index (χ2v) is 9.32. The number of rotatable bonds is 5. The molecular formula is C20H36ClN5O2. The highest BCUT2D eigenvalue weighted by molar-refractivity contribution is 6.31. The summed E-state index contributed by atoms with van der Waals surface area (Å²) in [5.74, 6) is 0.460.